The molecule has 0 atom stereocenters. The fourth-order valence-electron chi connectivity index (χ4n) is 0.979. The zero-order valence-electron chi connectivity index (χ0n) is 7.04. The summed E-state index contributed by atoms with van der Waals surface area (Å²) in [5.74, 6) is 0.749. The summed E-state index contributed by atoms with van der Waals surface area (Å²) in [4.78, 5) is 0. The summed E-state index contributed by atoms with van der Waals surface area (Å²) < 4.78 is 0. The number of hydrogen-bond donors (Lipinski definition) is 0. The van der Waals surface area contributed by atoms with Crippen LogP contribution in [0.3, 0.4) is 0 Å². The van der Waals surface area contributed by atoms with E-state index in [-0.39, 0.29) is 0 Å². The molecule has 0 aliphatic heterocycles. The van der Waals surface area contributed by atoms with E-state index < -0.39 is 0 Å². The molecule has 0 amide bonds. The van der Waals surface area contributed by atoms with Gasteiger partial charge in [-0.1, -0.05) is 42.5 Å². The highest BCUT2D eigenvalue weighted by molar-refractivity contribution is 6.17. The van der Waals surface area contributed by atoms with Gasteiger partial charge in [0.2, 0.25) is 0 Å². The normalized spacial score (nSPS) is 10.8. The number of halogens is 1. The van der Waals surface area contributed by atoms with Crippen LogP contribution in [0.4, 0.5) is 0 Å². The van der Waals surface area contributed by atoms with Crippen LogP contribution >= 0.6 is 11.6 Å². The van der Waals surface area contributed by atoms with Crippen LogP contribution in [0, 0.1) is 0 Å². The Morgan fingerprint density at radius 1 is 1.17 bits per heavy atom. The van der Waals surface area contributed by atoms with Crippen molar-refractivity contribution in [1.82, 2.24) is 0 Å². The van der Waals surface area contributed by atoms with Crippen molar-refractivity contribution in [2.45, 2.75) is 12.8 Å². The first-order valence-electron chi connectivity index (χ1n) is 4.21. The van der Waals surface area contributed by atoms with Gasteiger partial charge in [0.05, 0.1) is 0 Å². The predicted molar refractivity (Wildman–Crippen MR) is 55.4 cm³/mol. The first kappa shape index (κ1) is 9.34. The quantitative estimate of drug-likeness (QED) is 0.490. The standard InChI is InChI=1S/C11H13Cl/c12-10-6-2-5-9-11-7-3-1-4-8-11/h1,3-5,7-9H,2,6,10H2/b9-5+. The van der Waals surface area contributed by atoms with Gasteiger partial charge in [-0.25, -0.2) is 0 Å². The van der Waals surface area contributed by atoms with Crippen molar-refractivity contribution < 1.29 is 0 Å². The van der Waals surface area contributed by atoms with Crippen molar-refractivity contribution in [2.75, 3.05) is 5.88 Å². The highest BCUT2D eigenvalue weighted by Crippen LogP contribution is 2.03. The fraction of sp³-hybridized carbons (Fsp3) is 0.273. The second kappa shape index (κ2) is 5.84. The van der Waals surface area contributed by atoms with Gasteiger partial charge in [-0.15, -0.1) is 11.6 Å². The molecule has 0 nitrogen and oxygen atoms in total. The molecule has 0 aliphatic carbocycles. The van der Waals surface area contributed by atoms with Gasteiger partial charge in [0.1, 0.15) is 0 Å². The largest absolute Gasteiger partial charge is 0.127 e. The van der Waals surface area contributed by atoms with Crippen LogP contribution in [0.5, 0.6) is 0 Å². The van der Waals surface area contributed by atoms with Crippen molar-refractivity contribution in [3.8, 4) is 0 Å². The van der Waals surface area contributed by atoms with Gasteiger partial charge >= 0.3 is 0 Å². The molecule has 0 spiro atoms. The van der Waals surface area contributed by atoms with Crippen molar-refractivity contribution in [3.63, 3.8) is 0 Å². The van der Waals surface area contributed by atoms with Gasteiger partial charge in [0.25, 0.3) is 0 Å². The summed E-state index contributed by atoms with van der Waals surface area (Å²) in [6, 6.07) is 10.3. The lowest BCUT2D eigenvalue weighted by Crippen LogP contribution is -1.72. The minimum absolute atomic E-state index is 0.749. The van der Waals surface area contributed by atoms with E-state index in [0.29, 0.717) is 0 Å². The molecular formula is C11H13Cl. The van der Waals surface area contributed by atoms with Crippen LogP contribution in [0.15, 0.2) is 36.4 Å². The second-order valence-electron chi connectivity index (χ2n) is 2.64. The smallest absolute Gasteiger partial charge is 0.0226 e. The first-order chi connectivity index (χ1) is 5.93. The maximum Gasteiger partial charge on any atom is 0.0226 e. The van der Waals surface area contributed by atoms with Crippen LogP contribution in [0.1, 0.15) is 18.4 Å². The highest BCUT2D eigenvalue weighted by Gasteiger charge is 1.82. The lowest BCUT2D eigenvalue weighted by Gasteiger charge is -1.90. The van der Waals surface area contributed by atoms with Crippen LogP contribution in [-0.2, 0) is 0 Å². The molecule has 0 bridgehead atoms. The number of allylic oxidation sites excluding steroid dienone is 1. The van der Waals surface area contributed by atoms with E-state index in [1.165, 1.54) is 5.56 Å². The number of benzene rings is 1. The molecule has 0 aliphatic rings. The Balaban J connectivity index is 2.36. The van der Waals surface area contributed by atoms with Gasteiger partial charge in [-0.3, -0.25) is 0 Å². The zero-order chi connectivity index (χ0) is 8.65. The van der Waals surface area contributed by atoms with Crippen molar-refractivity contribution in [1.29, 1.82) is 0 Å². The van der Waals surface area contributed by atoms with E-state index in [4.69, 9.17) is 11.6 Å². The molecule has 12 heavy (non-hydrogen) atoms. The fourth-order valence-corrected chi connectivity index (χ4v) is 1.13. The van der Waals surface area contributed by atoms with E-state index >= 15 is 0 Å². The molecule has 1 rings (SSSR count). The molecule has 1 aromatic carbocycles. The average Bonchev–Trinajstić information content (AvgIpc) is 2.14. The van der Waals surface area contributed by atoms with E-state index in [0.717, 1.165) is 18.7 Å². The third kappa shape index (κ3) is 3.59. The molecule has 0 fully saturated rings. The minimum atomic E-state index is 0.749. The lowest BCUT2D eigenvalue weighted by atomic mass is 10.2. The number of rotatable bonds is 4. The summed E-state index contributed by atoms with van der Waals surface area (Å²) in [7, 11) is 0. The maximum absolute atomic E-state index is 5.55. The van der Waals surface area contributed by atoms with Gasteiger partial charge in [0.15, 0.2) is 0 Å². The Morgan fingerprint density at radius 3 is 2.58 bits per heavy atom. The summed E-state index contributed by atoms with van der Waals surface area (Å²) in [6.45, 7) is 0. The minimum Gasteiger partial charge on any atom is -0.127 e. The molecule has 0 saturated carbocycles. The molecule has 1 heteroatoms. The van der Waals surface area contributed by atoms with Crippen molar-refractivity contribution >= 4 is 17.7 Å². The number of unbranched alkanes of at least 4 members (excludes halogenated alkanes) is 1. The van der Waals surface area contributed by atoms with Crippen LogP contribution in [-0.4, -0.2) is 5.88 Å². The highest BCUT2D eigenvalue weighted by atomic mass is 35.5. The number of alkyl halides is 1. The third-order valence-corrected chi connectivity index (χ3v) is 1.88. The van der Waals surface area contributed by atoms with Crippen molar-refractivity contribution in [3.05, 3.63) is 42.0 Å². The lowest BCUT2D eigenvalue weighted by molar-refractivity contribution is 0.970. The average molecular weight is 181 g/mol. The SMILES string of the molecule is ClCCC/C=C/c1ccccc1. The Labute approximate surface area is 78.9 Å². The number of hydrogen-bond acceptors (Lipinski definition) is 0. The summed E-state index contributed by atoms with van der Waals surface area (Å²) in [5, 5.41) is 0. The maximum atomic E-state index is 5.55. The predicted octanol–water partition coefficient (Wildman–Crippen LogP) is 3.72. The molecule has 0 saturated heterocycles. The molecule has 0 heterocycles. The molecule has 64 valence electrons. The van der Waals surface area contributed by atoms with Gasteiger partial charge in [-0.05, 0) is 18.4 Å². The van der Waals surface area contributed by atoms with Gasteiger partial charge < -0.3 is 0 Å². The summed E-state index contributed by atoms with van der Waals surface area (Å²) in [5.41, 5.74) is 1.26. The Bertz CT molecular complexity index is 226. The molecule has 0 radical (unpaired) electrons. The Kier molecular flexibility index (Phi) is 4.55. The summed E-state index contributed by atoms with van der Waals surface area (Å²) >= 11 is 5.55. The van der Waals surface area contributed by atoms with Gasteiger partial charge in [-0.2, -0.15) is 0 Å². The van der Waals surface area contributed by atoms with Crippen LogP contribution in [0.25, 0.3) is 6.08 Å². The molecule has 0 unspecified atom stereocenters. The topological polar surface area (TPSA) is 0 Å². The monoisotopic (exact) mass is 180 g/mol. The van der Waals surface area contributed by atoms with E-state index in [1.807, 2.05) is 18.2 Å². The Hall–Kier alpha value is -0.750. The van der Waals surface area contributed by atoms with E-state index in [9.17, 15) is 0 Å². The van der Waals surface area contributed by atoms with Crippen LogP contribution in [0.2, 0.25) is 0 Å². The molecular weight excluding hydrogens is 168 g/mol. The Morgan fingerprint density at radius 2 is 1.92 bits per heavy atom. The van der Waals surface area contributed by atoms with E-state index in [1.54, 1.807) is 0 Å². The summed E-state index contributed by atoms with van der Waals surface area (Å²) in [6.07, 6.45) is 6.42. The molecule has 1 aromatic rings. The molecule has 0 aromatic heterocycles. The van der Waals surface area contributed by atoms with Gasteiger partial charge in [0, 0.05) is 5.88 Å². The van der Waals surface area contributed by atoms with Crippen molar-refractivity contribution in [2.24, 2.45) is 0 Å². The van der Waals surface area contributed by atoms with E-state index in [2.05, 4.69) is 24.3 Å². The molecule has 0 N–H and O–H groups in total. The first-order valence-corrected chi connectivity index (χ1v) is 4.74. The second-order valence-corrected chi connectivity index (χ2v) is 3.02. The zero-order valence-corrected chi connectivity index (χ0v) is 7.80. The van der Waals surface area contributed by atoms with Crippen LogP contribution < -0.4 is 0 Å². The third-order valence-electron chi connectivity index (χ3n) is 1.61.